The summed E-state index contributed by atoms with van der Waals surface area (Å²) < 4.78 is 37.9. The van der Waals surface area contributed by atoms with Crippen LogP contribution in [0.5, 0.6) is 0 Å². The van der Waals surface area contributed by atoms with Gasteiger partial charge in [0.2, 0.25) is 0 Å². The van der Waals surface area contributed by atoms with E-state index in [0.717, 1.165) is 22.6 Å². The van der Waals surface area contributed by atoms with Crippen LogP contribution in [0, 0.1) is 0 Å². The Morgan fingerprint density at radius 3 is 2.67 bits per heavy atom. The molecule has 1 spiro atoms. The Hall–Kier alpha value is -2.61. The molecule has 1 unspecified atom stereocenters. The number of nitrogens with one attached hydrogen (secondary N) is 1. The highest BCUT2D eigenvalue weighted by Gasteiger charge is 2.55. The van der Waals surface area contributed by atoms with Crippen molar-refractivity contribution in [3.63, 3.8) is 0 Å². The number of hydrogen-bond donors (Lipinski definition) is 1. The zero-order valence-corrected chi connectivity index (χ0v) is 14.6. The molecule has 1 fully saturated rings. The minimum atomic E-state index is -4.49. The van der Waals surface area contributed by atoms with Gasteiger partial charge in [-0.15, -0.1) is 0 Å². The molecule has 3 amide bonds. The molecule has 0 bridgehead atoms. The molecule has 2 aromatic rings. The molecular weight excluding hydrogens is 383 g/mol. The molecule has 1 aliphatic carbocycles. The topological polar surface area (TPSA) is 62.3 Å². The third kappa shape index (κ3) is 2.84. The number of pyridine rings is 1. The number of aryl methyl sites for hydroxylation is 1. The normalized spacial score (nSPS) is 21.7. The number of aromatic nitrogens is 1. The van der Waals surface area contributed by atoms with E-state index in [9.17, 15) is 22.8 Å². The number of alkyl halides is 3. The molecule has 1 aromatic carbocycles. The van der Waals surface area contributed by atoms with Gasteiger partial charge >= 0.3 is 12.2 Å². The average molecular weight is 396 g/mol. The van der Waals surface area contributed by atoms with Gasteiger partial charge in [-0.25, -0.2) is 4.79 Å². The second kappa shape index (κ2) is 5.95. The molecule has 1 aromatic heterocycles. The second-order valence-corrected chi connectivity index (χ2v) is 7.00. The van der Waals surface area contributed by atoms with Gasteiger partial charge in [0.25, 0.3) is 5.91 Å². The molecule has 1 saturated heterocycles. The van der Waals surface area contributed by atoms with Crippen molar-refractivity contribution in [3.8, 4) is 0 Å². The monoisotopic (exact) mass is 395 g/mol. The Morgan fingerprint density at radius 1 is 1.22 bits per heavy atom. The predicted molar refractivity (Wildman–Crippen MR) is 89.8 cm³/mol. The fourth-order valence-corrected chi connectivity index (χ4v) is 3.81. The third-order valence-corrected chi connectivity index (χ3v) is 5.18. The van der Waals surface area contributed by atoms with E-state index in [1.54, 1.807) is 18.2 Å². The van der Waals surface area contributed by atoms with Crippen LogP contribution in [0.1, 0.15) is 28.8 Å². The Kier molecular flexibility index (Phi) is 3.92. The van der Waals surface area contributed by atoms with Crippen molar-refractivity contribution in [1.29, 1.82) is 0 Å². The number of rotatable bonds is 2. The Morgan fingerprint density at radius 2 is 2.00 bits per heavy atom. The molecular formula is C18H13ClF3N3O2. The van der Waals surface area contributed by atoms with Gasteiger partial charge in [-0.2, -0.15) is 13.2 Å². The van der Waals surface area contributed by atoms with E-state index in [0.29, 0.717) is 29.6 Å². The number of imide groups is 1. The molecule has 5 nitrogen and oxygen atoms in total. The standard InChI is InChI=1S/C18H13ClF3N3O2/c19-12-2-4-14-10(7-12)5-6-17(14)15(26)25(16(27)24-17)9-13-3-1-11(8-23-13)18(20,21)22/h1-4,7-8H,5-6,9H2,(H,24,27). The molecule has 0 saturated carbocycles. The van der Waals surface area contributed by atoms with Crippen LogP contribution in [0.4, 0.5) is 18.0 Å². The smallest absolute Gasteiger partial charge is 0.319 e. The number of hydrogen-bond acceptors (Lipinski definition) is 3. The summed E-state index contributed by atoms with van der Waals surface area (Å²) in [6.45, 7) is -0.201. The van der Waals surface area contributed by atoms with Gasteiger partial charge in [-0.3, -0.25) is 14.7 Å². The molecule has 9 heteroatoms. The summed E-state index contributed by atoms with van der Waals surface area (Å²) in [4.78, 5) is 30.2. The SMILES string of the molecule is O=C1NC2(CCc3cc(Cl)ccc32)C(=O)N1Cc1ccc(C(F)(F)F)cn1. The number of urea groups is 1. The van der Waals surface area contributed by atoms with Crippen LogP contribution in [0.2, 0.25) is 5.02 Å². The quantitative estimate of drug-likeness (QED) is 0.789. The molecule has 1 atom stereocenters. The Balaban J connectivity index is 1.60. The van der Waals surface area contributed by atoms with E-state index < -0.39 is 29.2 Å². The van der Waals surface area contributed by atoms with Gasteiger partial charge in [0.15, 0.2) is 0 Å². The van der Waals surface area contributed by atoms with E-state index in [1.165, 1.54) is 0 Å². The number of benzene rings is 1. The summed E-state index contributed by atoms with van der Waals surface area (Å²) in [6.07, 6.45) is -2.81. The van der Waals surface area contributed by atoms with Gasteiger partial charge in [0.1, 0.15) is 5.54 Å². The summed E-state index contributed by atoms with van der Waals surface area (Å²) in [5.41, 5.74) is -0.249. The van der Waals surface area contributed by atoms with Gasteiger partial charge < -0.3 is 5.32 Å². The van der Waals surface area contributed by atoms with Crippen LogP contribution in [0.15, 0.2) is 36.5 Å². The van der Waals surface area contributed by atoms with Crippen molar-refractivity contribution in [2.75, 3.05) is 0 Å². The highest BCUT2D eigenvalue weighted by molar-refractivity contribution is 6.30. The summed E-state index contributed by atoms with van der Waals surface area (Å²) in [5.74, 6) is -0.435. The lowest BCUT2D eigenvalue weighted by Crippen LogP contribution is -2.41. The molecule has 1 aliphatic heterocycles. The zero-order valence-electron chi connectivity index (χ0n) is 13.8. The third-order valence-electron chi connectivity index (χ3n) is 4.94. The minimum Gasteiger partial charge on any atom is -0.319 e. The van der Waals surface area contributed by atoms with Crippen molar-refractivity contribution in [1.82, 2.24) is 15.2 Å². The lowest BCUT2D eigenvalue weighted by Gasteiger charge is -2.22. The van der Waals surface area contributed by atoms with Gasteiger partial charge in [-0.1, -0.05) is 17.7 Å². The fraction of sp³-hybridized carbons (Fsp3) is 0.278. The van der Waals surface area contributed by atoms with Crippen LogP contribution >= 0.6 is 11.6 Å². The van der Waals surface area contributed by atoms with Crippen molar-refractivity contribution in [2.24, 2.45) is 0 Å². The first-order valence-corrected chi connectivity index (χ1v) is 8.54. The number of amides is 3. The summed E-state index contributed by atoms with van der Waals surface area (Å²) in [5, 5.41) is 3.30. The highest BCUT2D eigenvalue weighted by Crippen LogP contribution is 2.42. The van der Waals surface area contributed by atoms with Crippen molar-refractivity contribution < 1.29 is 22.8 Å². The first-order valence-electron chi connectivity index (χ1n) is 8.16. The van der Waals surface area contributed by atoms with Crippen LogP contribution in [-0.2, 0) is 29.5 Å². The van der Waals surface area contributed by atoms with Gasteiger partial charge in [0, 0.05) is 11.2 Å². The van der Waals surface area contributed by atoms with Gasteiger partial charge in [-0.05, 0) is 48.2 Å². The number of carbonyl (C=O) groups is 2. The van der Waals surface area contributed by atoms with Crippen LogP contribution in [0.25, 0.3) is 0 Å². The average Bonchev–Trinajstić information content (AvgIpc) is 3.07. The molecule has 2 aliphatic rings. The zero-order chi connectivity index (χ0) is 19.4. The summed E-state index contributed by atoms with van der Waals surface area (Å²) in [7, 11) is 0. The largest absolute Gasteiger partial charge is 0.417 e. The maximum Gasteiger partial charge on any atom is 0.417 e. The summed E-state index contributed by atoms with van der Waals surface area (Å²) >= 11 is 5.99. The summed E-state index contributed by atoms with van der Waals surface area (Å²) in [6, 6.07) is 6.60. The molecule has 0 radical (unpaired) electrons. The number of carbonyl (C=O) groups excluding carboxylic acids is 2. The first-order chi connectivity index (χ1) is 12.7. The van der Waals surface area contributed by atoms with Crippen LogP contribution in [0.3, 0.4) is 0 Å². The first kappa shape index (κ1) is 17.8. The number of fused-ring (bicyclic) bond motifs is 2. The molecule has 1 N–H and O–H groups in total. The minimum absolute atomic E-state index is 0.192. The van der Waals surface area contributed by atoms with Crippen molar-refractivity contribution in [2.45, 2.75) is 31.1 Å². The van der Waals surface area contributed by atoms with E-state index in [-0.39, 0.29) is 12.2 Å². The molecule has 4 rings (SSSR count). The van der Waals surface area contributed by atoms with Crippen molar-refractivity contribution in [3.05, 3.63) is 63.9 Å². The van der Waals surface area contributed by atoms with Crippen molar-refractivity contribution >= 4 is 23.5 Å². The van der Waals surface area contributed by atoms with Crippen LogP contribution < -0.4 is 5.32 Å². The highest BCUT2D eigenvalue weighted by atomic mass is 35.5. The van der Waals surface area contributed by atoms with E-state index in [4.69, 9.17) is 11.6 Å². The predicted octanol–water partition coefficient (Wildman–Crippen LogP) is 3.65. The lowest BCUT2D eigenvalue weighted by atomic mass is 9.92. The maximum absolute atomic E-state index is 13.0. The number of halogens is 4. The van der Waals surface area contributed by atoms with E-state index in [2.05, 4.69) is 10.3 Å². The Labute approximate surface area is 157 Å². The van der Waals surface area contributed by atoms with E-state index >= 15 is 0 Å². The molecule has 2 heterocycles. The Bertz CT molecular complexity index is 946. The van der Waals surface area contributed by atoms with E-state index in [1.807, 2.05) is 0 Å². The van der Waals surface area contributed by atoms with Gasteiger partial charge in [0.05, 0.1) is 17.8 Å². The maximum atomic E-state index is 13.0. The van der Waals surface area contributed by atoms with Crippen LogP contribution in [-0.4, -0.2) is 21.8 Å². The second-order valence-electron chi connectivity index (χ2n) is 6.56. The molecule has 27 heavy (non-hydrogen) atoms. The lowest BCUT2D eigenvalue weighted by molar-refractivity contribution is -0.138. The fourth-order valence-electron chi connectivity index (χ4n) is 3.61. The molecule has 140 valence electrons. The number of nitrogens with zero attached hydrogens (tertiary/aromatic N) is 2.